The molecule has 1 atom stereocenters. The maximum atomic E-state index is 13.1. The van der Waals surface area contributed by atoms with E-state index in [1.807, 2.05) is 37.3 Å². The molecule has 2 aromatic carbocycles. The number of fused-ring (bicyclic) bond motifs is 2. The standard InChI is InChI=1S/C26H23F3N2O2/c1-15(30-17-7-3-2-4-8-17)24-19-9-5-6-10-22(19)33-23(24)14-20-18-12-11-16(26(27,28)29)13-21(18)31-25(20)32/h2-4,7-8,11-15,30H,5-6,9-10H2,1H3,(H,31,32). The van der Waals surface area contributed by atoms with Gasteiger partial charge in [0, 0.05) is 28.9 Å². The van der Waals surface area contributed by atoms with Crippen molar-refractivity contribution in [2.24, 2.45) is 0 Å². The van der Waals surface area contributed by atoms with Gasteiger partial charge < -0.3 is 15.1 Å². The molecule has 1 aliphatic carbocycles. The van der Waals surface area contributed by atoms with Crippen molar-refractivity contribution < 1.29 is 22.4 Å². The number of furan rings is 1. The zero-order valence-electron chi connectivity index (χ0n) is 18.1. The largest absolute Gasteiger partial charge is 0.461 e. The Balaban J connectivity index is 1.56. The van der Waals surface area contributed by atoms with Crippen LogP contribution in [0.5, 0.6) is 0 Å². The van der Waals surface area contributed by atoms with Crippen molar-refractivity contribution in [3.05, 3.63) is 82.3 Å². The molecule has 2 N–H and O–H groups in total. The normalized spacial score (nSPS) is 17.5. The van der Waals surface area contributed by atoms with Crippen LogP contribution < -0.4 is 10.6 Å². The number of carbonyl (C=O) groups is 1. The molecule has 3 aromatic rings. The van der Waals surface area contributed by atoms with E-state index in [0.29, 0.717) is 16.9 Å². The summed E-state index contributed by atoms with van der Waals surface area (Å²) in [5.74, 6) is 1.07. The van der Waals surface area contributed by atoms with Crippen LogP contribution in [0.2, 0.25) is 0 Å². The van der Waals surface area contributed by atoms with Gasteiger partial charge in [-0.05, 0) is 62.1 Å². The van der Waals surface area contributed by atoms with Crippen molar-refractivity contribution in [2.75, 3.05) is 10.6 Å². The fourth-order valence-electron chi connectivity index (χ4n) is 4.70. The zero-order chi connectivity index (χ0) is 23.2. The van der Waals surface area contributed by atoms with E-state index in [2.05, 4.69) is 10.6 Å². The van der Waals surface area contributed by atoms with Crippen LogP contribution in [0.15, 0.2) is 52.9 Å². The number of amides is 1. The number of benzene rings is 2. The molecule has 1 unspecified atom stereocenters. The highest BCUT2D eigenvalue weighted by atomic mass is 19.4. The fraction of sp³-hybridized carbons (Fsp3) is 0.269. The maximum absolute atomic E-state index is 13.1. The summed E-state index contributed by atoms with van der Waals surface area (Å²) in [5.41, 5.74) is 3.24. The van der Waals surface area contributed by atoms with E-state index in [0.717, 1.165) is 60.4 Å². The van der Waals surface area contributed by atoms with Gasteiger partial charge in [-0.2, -0.15) is 13.2 Å². The molecule has 4 nitrogen and oxygen atoms in total. The minimum Gasteiger partial charge on any atom is -0.461 e. The number of para-hydroxylation sites is 1. The molecule has 33 heavy (non-hydrogen) atoms. The van der Waals surface area contributed by atoms with E-state index < -0.39 is 17.6 Å². The van der Waals surface area contributed by atoms with E-state index in [1.165, 1.54) is 6.07 Å². The number of carbonyl (C=O) groups excluding carboxylic acids is 1. The smallest absolute Gasteiger partial charge is 0.416 e. The van der Waals surface area contributed by atoms with Crippen molar-refractivity contribution in [1.29, 1.82) is 0 Å². The average molecular weight is 452 g/mol. The summed E-state index contributed by atoms with van der Waals surface area (Å²) in [6.07, 6.45) is 1.04. The Hall–Kier alpha value is -3.48. The number of aryl methyl sites for hydroxylation is 1. The Labute approximate surface area is 189 Å². The van der Waals surface area contributed by atoms with Gasteiger partial charge >= 0.3 is 6.18 Å². The van der Waals surface area contributed by atoms with Gasteiger partial charge in [0.05, 0.1) is 17.2 Å². The highest BCUT2D eigenvalue weighted by Crippen LogP contribution is 2.41. The first-order valence-electron chi connectivity index (χ1n) is 11.0. The summed E-state index contributed by atoms with van der Waals surface area (Å²) < 4.78 is 45.5. The molecule has 0 spiro atoms. The molecule has 0 saturated heterocycles. The summed E-state index contributed by atoms with van der Waals surface area (Å²) in [5, 5.41) is 6.07. The van der Waals surface area contributed by atoms with Crippen LogP contribution >= 0.6 is 0 Å². The first-order chi connectivity index (χ1) is 15.8. The Morgan fingerprint density at radius 1 is 1.09 bits per heavy atom. The lowest BCUT2D eigenvalue weighted by Crippen LogP contribution is -2.11. The third-order valence-electron chi connectivity index (χ3n) is 6.24. The van der Waals surface area contributed by atoms with Crippen LogP contribution in [0.3, 0.4) is 0 Å². The van der Waals surface area contributed by atoms with E-state index in [4.69, 9.17) is 4.42 Å². The van der Waals surface area contributed by atoms with Gasteiger partial charge in [0.25, 0.3) is 5.91 Å². The number of hydrogen-bond donors (Lipinski definition) is 2. The van der Waals surface area contributed by atoms with Crippen LogP contribution in [0.25, 0.3) is 11.6 Å². The van der Waals surface area contributed by atoms with Gasteiger partial charge in [-0.3, -0.25) is 4.79 Å². The highest BCUT2D eigenvalue weighted by Gasteiger charge is 2.34. The molecule has 0 fully saturated rings. The van der Waals surface area contributed by atoms with Gasteiger partial charge in [-0.25, -0.2) is 0 Å². The van der Waals surface area contributed by atoms with Crippen LogP contribution in [0, 0.1) is 0 Å². The monoisotopic (exact) mass is 452 g/mol. The summed E-state index contributed by atoms with van der Waals surface area (Å²) in [6, 6.07) is 13.1. The van der Waals surface area contributed by atoms with E-state index in [1.54, 1.807) is 6.08 Å². The number of alkyl halides is 3. The van der Waals surface area contributed by atoms with Crippen molar-refractivity contribution in [2.45, 2.75) is 44.8 Å². The molecule has 1 amide bonds. The fourth-order valence-corrected chi connectivity index (χ4v) is 4.70. The SMILES string of the molecule is CC(Nc1ccccc1)c1c(C=C2C(=O)Nc3cc(C(F)(F)F)ccc32)oc2c1CCCC2. The number of anilines is 2. The molecule has 2 aliphatic rings. The summed E-state index contributed by atoms with van der Waals surface area (Å²) in [6.45, 7) is 2.05. The van der Waals surface area contributed by atoms with Gasteiger partial charge in [0.2, 0.25) is 0 Å². The Morgan fingerprint density at radius 3 is 2.61 bits per heavy atom. The van der Waals surface area contributed by atoms with Crippen molar-refractivity contribution in [3.63, 3.8) is 0 Å². The van der Waals surface area contributed by atoms with Crippen LogP contribution in [-0.4, -0.2) is 5.91 Å². The molecular formula is C26H23F3N2O2. The topological polar surface area (TPSA) is 54.3 Å². The van der Waals surface area contributed by atoms with Gasteiger partial charge in [0.15, 0.2) is 0 Å². The van der Waals surface area contributed by atoms with E-state index >= 15 is 0 Å². The first-order valence-corrected chi connectivity index (χ1v) is 11.0. The van der Waals surface area contributed by atoms with E-state index in [9.17, 15) is 18.0 Å². The molecule has 2 heterocycles. The second kappa shape index (κ2) is 8.14. The lowest BCUT2D eigenvalue weighted by Gasteiger charge is -2.18. The van der Waals surface area contributed by atoms with Crippen LogP contribution in [0.1, 0.15) is 59.6 Å². The quantitative estimate of drug-likeness (QED) is 0.426. The van der Waals surface area contributed by atoms with Crippen molar-refractivity contribution in [3.8, 4) is 0 Å². The average Bonchev–Trinajstić information content (AvgIpc) is 3.30. The molecular weight excluding hydrogens is 429 g/mol. The third kappa shape index (κ3) is 4.03. The molecule has 5 rings (SSSR count). The number of nitrogens with one attached hydrogen (secondary N) is 2. The molecule has 170 valence electrons. The minimum atomic E-state index is -4.47. The summed E-state index contributed by atoms with van der Waals surface area (Å²) >= 11 is 0. The third-order valence-corrected chi connectivity index (χ3v) is 6.24. The molecule has 7 heteroatoms. The van der Waals surface area contributed by atoms with Gasteiger partial charge in [0.1, 0.15) is 11.5 Å². The number of rotatable bonds is 4. The van der Waals surface area contributed by atoms with Crippen molar-refractivity contribution in [1.82, 2.24) is 0 Å². The lowest BCUT2D eigenvalue weighted by molar-refractivity contribution is -0.137. The summed E-state index contributed by atoms with van der Waals surface area (Å²) in [7, 11) is 0. The number of halogens is 3. The van der Waals surface area contributed by atoms with Crippen molar-refractivity contribution >= 4 is 28.9 Å². The minimum absolute atomic E-state index is 0.0820. The number of hydrogen-bond acceptors (Lipinski definition) is 3. The first kappa shape index (κ1) is 21.4. The van der Waals surface area contributed by atoms with Crippen LogP contribution in [0.4, 0.5) is 24.5 Å². The molecule has 1 aromatic heterocycles. The molecule has 0 radical (unpaired) electrons. The Bertz CT molecular complexity index is 1240. The van der Waals surface area contributed by atoms with E-state index in [-0.39, 0.29) is 11.7 Å². The predicted molar refractivity (Wildman–Crippen MR) is 122 cm³/mol. The van der Waals surface area contributed by atoms with Gasteiger partial charge in [-0.1, -0.05) is 24.3 Å². The van der Waals surface area contributed by atoms with Gasteiger partial charge in [-0.15, -0.1) is 0 Å². The highest BCUT2D eigenvalue weighted by molar-refractivity contribution is 6.34. The van der Waals surface area contributed by atoms with Crippen LogP contribution in [-0.2, 0) is 23.8 Å². The molecule has 0 saturated carbocycles. The lowest BCUT2D eigenvalue weighted by atomic mass is 9.91. The Kier molecular flexibility index (Phi) is 5.27. The zero-order valence-corrected chi connectivity index (χ0v) is 18.1. The summed E-state index contributed by atoms with van der Waals surface area (Å²) in [4.78, 5) is 12.7. The molecule has 0 bridgehead atoms. The Morgan fingerprint density at radius 2 is 1.85 bits per heavy atom. The molecule has 1 aliphatic heterocycles. The second-order valence-corrected chi connectivity index (χ2v) is 8.49. The predicted octanol–water partition coefficient (Wildman–Crippen LogP) is 6.84. The maximum Gasteiger partial charge on any atom is 0.416 e. The second-order valence-electron chi connectivity index (χ2n) is 8.49.